The van der Waals surface area contributed by atoms with Gasteiger partial charge in [0.05, 0.1) is 10.0 Å². The summed E-state index contributed by atoms with van der Waals surface area (Å²) in [7, 11) is 0. The lowest BCUT2D eigenvalue weighted by Crippen LogP contribution is -2.57. The van der Waals surface area contributed by atoms with Gasteiger partial charge in [0.15, 0.2) is 0 Å². The summed E-state index contributed by atoms with van der Waals surface area (Å²) in [5.41, 5.74) is 0.782. The second-order valence-corrected chi connectivity index (χ2v) is 6.79. The number of allylic oxidation sites excluding steroid dienone is 1. The fraction of sp³-hybridized carbons (Fsp3) is 0.368. The average molecular weight is 381 g/mol. The zero-order valence-electron chi connectivity index (χ0n) is 14.3. The Bertz CT molecular complexity index is 688. The van der Waals surface area contributed by atoms with Gasteiger partial charge in [-0.2, -0.15) is 0 Å². The first kappa shape index (κ1) is 19.5. The Balaban J connectivity index is 1.98. The highest BCUT2D eigenvalue weighted by atomic mass is 35.5. The van der Waals surface area contributed by atoms with Crippen LogP contribution in [0.15, 0.2) is 36.9 Å². The number of benzene rings is 1. The van der Waals surface area contributed by atoms with Crippen LogP contribution in [0.4, 0.5) is 0 Å². The molecule has 0 bridgehead atoms. The lowest BCUT2D eigenvalue weighted by atomic mass is 10.1. The number of amides is 2. The van der Waals surface area contributed by atoms with Crippen LogP contribution in [-0.2, 0) is 9.59 Å². The molecule has 0 spiro atoms. The molecule has 0 aromatic heterocycles. The summed E-state index contributed by atoms with van der Waals surface area (Å²) < 4.78 is 0. The zero-order chi connectivity index (χ0) is 18.4. The van der Waals surface area contributed by atoms with E-state index in [4.69, 9.17) is 23.2 Å². The van der Waals surface area contributed by atoms with E-state index in [9.17, 15) is 9.59 Å². The van der Waals surface area contributed by atoms with E-state index < -0.39 is 6.04 Å². The van der Waals surface area contributed by atoms with Gasteiger partial charge in [0.1, 0.15) is 6.04 Å². The normalized spacial score (nSPS) is 18.0. The van der Waals surface area contributed by atoms with Crippen molar-refractivity contribution in [2.75, 3.05) is 19.6 Å². The second kappa shape index (κ2) is 9.07. The van der Waals surface area contributed by atoms with Crippen LogP contribution in [0, 0.1) is 0 Å². The number of rotatable bonds is 6. The number of unbranched alkanes of at least 4 members (excludes halogenated alkanes) is 1. The molecule has 0 N–H and O–H groups in total. The van der Waals surface area contributed by atoms with Gasteiger partial charge >= 0.3 is 0 Å². The van der Waals surface area contributed by atoms with Gasteiger partial charge in [-0.25, -0.2) is 0 Å². The highest BCUT2D eigenvalue weighted by Gasteiger charge is 2.32. The molecular formula is C19H22Cl2N2O2. The van der Waals surface area contributed by atoms with Crippen molar-refractivity contribution in [1.82, 2.24) is 9.80 Å². The van der Waals surface area contributed by atoms with E-state index in [2.05, 4.69) is 6.58 Å². The minimum atomic E-state index is -0.455. The summed E-state index contributed by atoms with van der Waals surface area (Å²) in [6.07, 6.45) is 6.77. The summed E-state index contributed by atoms with van der Waals surface area (Å²) in [6.45, 7) is 7.26. The quantitative estimate of drug-likeness (QED) is 0.424. The summed E-state index contributed by atoms with van der Waals surface area (Å²) in [4.78, 5) is 28.3. The summed E-state index contributed by atoms with van der Waals surface area (Å²) in [5.74, 6) is -0.190. The van der Waals surface area contributed by atoms with Crippen molar-refractivity contribution in [2.45, 2.75) is 25.8 Å². The van der Waals surface area contributed by atoms with E-state index >= 15 is 0 Å². The number of hydrogen-bond acceptors (Lipinski definition) is 2. The van der Waals surface area contributed by atoms with E-state index in [1.54, 1.807) is 36.1 Å². The van der Waals surface area contributed by atoms with Crippen LogP contribution in [0.2, 0.25) is 10.0 Å². The Morgan fingerprint density at radius 2 is 2.08 bits per heavy atom. The number of nitrogens with zero attached hydrogens (tertiary/aromatic N) is 2. The van der Waals surface area contributed by atoms with E-state index in [0.29, 0.717) is 29.7 Å². The third-order valence-electron chi connectivity index (χ3n) is 4.23. The van der Waals surface area contributed by atoms with Crippen molar-refractivity contribution in [3.8, 4) is 0 Å². The monoisotopic (exact) mass is 380 g/mol. The molecule has 134 valence electrons. The van der Waals surface area contributed by atoms with E-state index in [0.717, 1.165) is 18.4 Å². The summed E-state index contributed by atoms with van der Waals surface area (Å²) >= 11 is 11.9. The van der Waals surface area contributed by atoms with Gasteiger partial charge in [-0.3, -0.25) is 9.59 Å². The highest BCUT2D eigenvalue weighted by molar-refractivity contribution is 6.42. The zero-order valence-corrected chi connectivity index (χ0v) is 15.8. The molecule has 0 radical (unpaired) electrons. The van der Waals surface area contributed by atoms with E-state index in [1.165, 1.54) is 6.08 Å². The molecule has 1 aliphatic heterocycles. The number of halogens is 2. The largest absolute Gasteiger partial charge is 0.339 e. The maximum Gasteiger partial charge on any atom is 0.247 e. The lowest BCUT2D eigenvalue weighted by molar-refractivity contribution is -0.148. The molecule has 1 fully saturated rings. The smallest absolute Gasteiger partial charge is 0.247 e. The van der Waals surface area contributed by atoms with Crippen LogP contribution in [0.1, 0.15) is 25.3 Å². The standard InChI is InChI=1S/C19H22Cl2N2O2/c1-3-4-5-10-22-11-12-23(14(2)19(22)25)18(24)9-7-15-6-8-16(20)17(21)13-15/h3,6-9,13-14H,1,4-5,10-12H2,2H3. The maximum atomic E-state index is 12.4. The molecule has 1 aromatic carbocycles. The number of piperazine rings is 1. The van der Waals surface area contributed by atoms with E-state index in [-0.39, 0.29) is 11.8 Å². The van der Waals surface area contributed by atoms with Crippen LogP contribution >= 0.6 is 23.2 Å². The fourth-order valence-corrected chi connectivity index (χ4v) is 3.07. The van der Waals surface area contributed by atoms with Crippen molar-refractivity contribution >= 4 is 41.1 Å². The molecular weight excluding hydrogens is 359 g/mol. The van der Waals surface area contributed by atoms with Crippen LogP contribution in [0.25, 0.3) is 6.08 Å². The van der Waals surface area contributed by atoms with Crippen molar-refractivity contribution in [1.29, 1.82) is 0 Å². The third-order valence-corrected chi connectivity index (χ3v) is 4.97. The summed E-state index contributed by atoms with van der Waals surface area (Å²) in [5, 5.41) is 0.907. The lowest BCUT2D eigenvalue weighted by Gasteiger charge is -2.38. The molecule has 1 atom stereocenters. The van der Waals surface area contributed by atoms with Gasteiger partial charge in [0, 0.05) is 25.7 Å². The first-order valence-corrected chi connectivity index (χ1v) is 9.03. The second-order valence-electron chi connectivity index (χ2n) is 5.97. The molecule has 0 saturated carbocycles. The van der Waals surface area contributed by atoms with Crippen LogP contribution in [0.3, 0.4) is 0 Å². The number of hydrogen-bond donors (Lipinski definition) is 0. The van der Waals surface area contributed by atoms with Crippen LogP contribution in [-0.4, -0.2) is 47.3 Å². The predicted octanol–water partition coefficient (Wildman–Crippen LogP) is 4.03. The van der Waals surface area contributed by atoms with Crippen molar-refractivity contribution in [3.05, 3.63) is 52.5 Å². The van der Waals surface area contributed by atoms with Crippen LogP contribution in [0.5, 0.6) is 0 Å². The first-order valence-electron chi connectivity index (χ1n) is 8.27. The molecule has 1 aliphatic rings. The Morgan fingerprint density at radius 1 is 1.32 bits per heavy atom. The van der Waals surface area contributed by atoms with Gasteiger partial charge < -0.3 is 9.80 Å². The van der Waals surface area contributed by atoms with Crippen molar-refractivity contribution in [3.63, 3.8) is 0 Å². The number of carbonyl (C=O) groups excluding carboxylic acids is 2. The number of carbonyl (C=O) groups is 2. The SMILES string of the molecule is C=CCCCN1CCN(C(=O)C=Cc2ccc(Cl)c(Cl)c2)C(C)C1=O. The van der Waals surface area contributed by atoms with E-state index in [1.807, 2.05) is 11.0 Å². The third kappa shape index (κ3) is 5.10. The molecule has 2 amide bonds. The molecule has 25 heavy (non-hydrogen) atoms. The Morgan fingerprint density at radius 3 is 2.76 bits per heavy atom. The molecule has 0 aliphatic carbocycles. The van der Waals surface area contributed by atoms with Gasteiger partial charge in [0.25, 0.3) is 0 Å². The molecule has 4 nitrogen and oxygen atoms in total. The van der Waals surface area contributed by atoms with Gasteiger partial charge in [-0.1, -0.05) is 35.3 Å². The Kier molecular flexibility index (Phi) is 7.09. The topological polar surface area (TPSA) is 40.6 Å². The molecule has 6 heteroatoms. The molecule has 1 saturated heterocycles. The molecule has 1 unspecified atom stereocenters. The minimum Gasteiger partial charge on any atom is -0.339 e. The maximum absolute atomic E-state index is 12.4. The molecule has 2 rings (SSSR count). The van der Waals surface area contributed by atoms with Crippen LogP contribution < -0.4 is 0 Å². The van der Waals surface area contributed by atoms with Crippen molar-refractivity contribution in [2.24, 2.45) is 0 Å². The Labute approximate surface area is 158 Å². The molecule has 1 heterocycles. The van der Waals surface area contributed by atoms with Gasteiger partial charge in [0.2, 0.25) is 11.8 Å². The fourth-order valence-electron chi connectivity index (χ4n) is 2.76. The van der Waals surface area contributed by atoms with Gasteiger partial charge in [-0.15, -0.1) is 6.58 Å². The Hall–Kier alpha value is -1.78. The predicted molar refractivity (Wildman–Crippen MR) is 103 cm³/mol. The molecule has 1 aromatic rings. The summed E-state index contributed by atoms with van der Waals surface area (Å²) in [6, 6.07) is 4.70. The van der Waals surface area contributed by atoms with Gasteiger partial charge in [-0.05, 0) is 43.5 Å². The highest BCUT2D eigenvalue weighted by Crippen LogP contribution is 2.23. The minimum absolute atomic E-state index is 0.00778. The van der Waals surface area contributed by atoms with Crippen molar-refractivity contribution < 1.29 is 9.59 Å². The first-order chi connectivity index (χ1) is 11.9. The average Bonchev–Trinajstić information content (AvgIpc) is 2.59.